The largest absolute Gasteiger partial charge is 0.381 e. The molecular weight excluding hydrogens is 517 g/mol. The summed E-state index contributed by atoms with van der Waals surface area (Å²) in [5.41, 5.74) is 6.10. The lowest BCUT2D eigenvalue weighted by molar-refractivity contribution is 0.0387. The fraction of sp³-hybridized carbons (Fsp3) is 0.929. The van der Waals surface area contributed by atoms with Crippen molar-refractivity contribution in [3.05, 3.63) is 0 Å². The molecule has 2 aliphatic rings. The van der Waals surface area contributed by atoms with Crippen molar-refractivity contribution < 1.29 is 23.5 Å². The number of nitrogens with two attached hydrogens (primary N) is 1. The normalized spacial score (nSPS) is 23.8. The van der Waals surface area contributed by atoms with Crippen molar-refractivity contribution in [2.75, 3.05) is 46.1 Å². The van der Waals surface area contributed by atoms with Gasteiger partial charge in [0.1, 0.15) is 6.35 Å². The molecule has 0 amide bonds. The second kappa shape index (κ2) is 21.2. The molecule has 4 unspecified atom stereocenters. The molecule has 5 atom stereocenters. The lowest BCUT2D eigenvalue weighted by atomic mass is 10.0. The van der Waals surface area contributed by atoms with Gasteiger partial charge in [-0.2, -0.15) is 0 Å². The lowest BCUT2D eigenvalue weighted by Crippen LogP contribution is -2.67. The monoisotopic (exact) mass is 573 g/mol. The summed E-state index contributed by atoms with van der Waals surface area (Å²) in [5.74, 6) is 2.71. The Bertz CT molecular complexity index is 712. The minimum Gasteiger partial charge on any atom is -0.381 e. The Balaban J connectivity index is 1.34. The molecule has 2 fully saturated rings. The predicted octanol–water partition coefficient (Wildman–Crippen LogP) is 3.65. The zero-order chi connectivity index (χ0) is 28.2. The van der Waals surface area contributed by atoms with Gasteiger partial charge in [0.05, 0.1) is 37.8 Å². The molecule has 10 nitrogen and oxygen atoms in total. The average molecular weight is 574 g/mol. The van der Waals surface area contributed by atoms with Crippen LogP contribution >= 0.6 is 7.60 Å². The summed E-state index contributed by atoms with van der Waals surface area (Å²) < 4.78 is 28.8. The van der Waals surface area contributed by atoms with Crippen LogP contribution < -0.4 is 21.7 Å². The molecule has 0 aromatic rings. The Morgan fingerprint density at radius 3 is 2.23 bits per heavy atom. The summed E-state index contributed by atoms with van der Waals surface area (Å²) in [6.07, 6.45) is 21.6. The van der Waals surface area contributed by atoms with Gasteiger partial charge in [0, 0.05) is 32.8 Å². The first kappa shape index (κ1) is 34.6. The molecule has 0 bridgehead atoms. The molecule has 39 heavy (non-hydrogen) atoms. The van der Waals surface area contributed by atoms with Crippen molar-refractivity contribution in [2.45, 2.75) is 121 Å². The van der Waals surface area contributed by atoms with Crippen LogP contribution in [-0.4, -0.2) is 80.3 Å². The van der Waals surface area contributed by atoms with Gasteiger partial charge in [0.25, 0.3) is 0 Å². The summed E-state index contributed by atoms with van der Waals surface area (Å²) in [7, 11) is -3.79. The highest BCUT2D eigenvalue weighted by Crippen LogP contribution is 2.42. The van der Waals surface area contributed by atoms with E-state index in [1.807, 2.05) is 6.92 Å². The number of nitrogens with zero attached hydrogens (tertiary/aromatic N) is 1. The number of ether oxygens (including phenoxy) is 2. The summed E-state index contributed by atoms with van der Waals surface area (Å²) in [6.45, 7) is 5.31. The molecule has 0 saturated carbocycles. The van der Waals surface area contributed by atoms with E-state index in [4.69, 9.17) is 26.2 Å². The molecule has 0 radical (unpaired) electrons. The number of terminal acetylenes is 1. The molecule has 0 aromatic carbocycles. The number of unbranched alkanes of at least 4 members (excludes halogenated alkanes) is 12. The minimum atomic E-state index is -3.79. The molecule has 2 saturated heterocycles. The van der Waals surface area contributed by atoms with Crippen LogP contribution in [0.15, 0.2) is 0 Å². The van der Waals surface area contributed by atoms with Crippen LogP contribution in [-0.2, 0) is 18.6 Å². The van der Waals surface area contributed by atoms with E-state index in [2.05, 4.69) is 26.8 Å². The Kier molecular flexibility index (Phi) is 18.8. The molecular formula is C28H56N5O5P. The molecule has 0 aliphatic carbocycles. The van der Waals surface area contributed by atoms with Gasteiger partial charge in [-0.3, -0.25) is 25.4 Å². The van der Waals surface area contributed by atoms with Crippen LogP contribution in [0.4, 0.5) is 0 Å². The molecule has 0 spiro atoms. The van der Waals surface area contributed by atoms with Crippen molar-refractivity contribution in [3.8, 4) is 12.3 Å². The van der Waals surface area contributed by atoms with Crippen LogP contribution in [0.5, 0.6) is 0 Å². The fourth-order valence-corrected chi connectivity index (χ4v) is 6.07. The van der Waals surface area contributed by atoms with Gasteiger partial charge < -0.3 is 24.6 Å². The van der Waals surface area contributed by atoms with Crippen LogP contribution in [0.1, 0.15) is 96.8 Å². The number of rotatable bonds is 24. The number of fused-ring (bicyclic) bond motifs is 1. The Morgan fingerprint density at radius 2 is 1.56 bits per heavy atom. The fourth-order valence-electron chi connectivity index (χ4n) is 5.14. The zero-order valence-electron chi connectivity index (χ0n) is 24.3. The average Bonchev–Trinajstić information content (AvgIpc) is 3.32. The first-order valence-corrected chi connectivity index (χ1v) is 17.0. The summed E-state index contributed by atoms with van der Waals surface area (Å²) in [4.78, 5) is 12.3. The molecule has 2 heterocycles. The smallest absolute Gasteiger partial charge is 0.353 e. The maximum Gasteiger partial charge on any atom is 0.353 e. The second-order valence-corrected chi connectivity index (χ2v) is 12.7. The molecule has 6 N–H and O–H groups in total. The standard InChI is InChI=1S/C28H56N5O5P/c1-3-4-5-6-7-8-9-10-11-12-13-14-15-16-18-36-19-17-20-38-39(34,35)24-37-25(2)21-33-23-32-26-27(29)30-22-31-28(26)33/h1,25-28,30-32H,4-24,29H2,2H3,(H,34,35)/t25-,26?,27?,28?/m1/s1. The van der Waals surface area contributed by atoms with E-state index < -0.39 is 7.60 Å². The zero-order valence-corrected chi connectivity index (χ0v) is 25.2. The van der Waals surface area contributed by atoms with Gasteiger partial charge in [0.15, 0.2) is 0 Å². The third kappa shape index (κ3) is 15.9. The van der Waals surface area contributed by atoms with E-state index in [1.165, 1.54) is 70.6 Å². The molecule has 11 heteroatoms. The first-order valence-electron chi connectivity index (χ1n) is 15.2. The highest BCUT2D eigenvalue weighted by Gasteiger charge is 2.40. The minimum absolute atomic E-state index is 0.108. The summed E-state index contributed by atoms with van der Waals surface area (Å²) in [6, 6.07) is 0.117. The topological polar surface area (TPSA) is 130 Å². The Hall–Kier alpha value is -0.570. The van der Waals surface area contributed by atoms with E-state index >= 15 is 0 Å². The van der Waals surface area contributed by atoms with E-state index in [0.29, 0.717) is 32.9 Å². The van der Waals surface area contributed by atoms with Crippen LogP contribution in [0.25, 0.3) is 0 Å². The molecule has 228 valence electrons. The van der Waals surface area contributed by atoms with Crippen LogP contribution in [0, 0.1) is 12.3 Å². The second-order valence-electron chi connectivity index (χ2n) is 11.0. The van der Waals surface area contributed by atoms with E-state index in [0.717, 1.165) is 19.4 Å². The molecule has 0 aromatic heterocycles. The highest BCUT2D eigenvalue weighted by molar-refractivity contribution is 7.52. The van der Waals surface area contributed by atoms with Crippen molar-refractivity contribution in [2.24, 2.45) is 5.73 Å². The number of nitrogens with one attached hydrogen (secondary N) is 3. The SMILES string of the molecule is C#CCCCCCCCCCCCCCCOCCCOP(=O)(O)CO[C@H](C)CN1CNC2C(N)NCNC21. The van der Waals surface area contributed by atoms with Gasteiger partial charge in [-0.25, -0.2) is 0 Å². The van der Waals surface area contributed by atoms with Crippen molar-refractivity contribution in [1.82, 2.24) is 20.9 Å². The Labute approximate surface area is 237 Å². The lowest BCUT2D eigenvalue weighted by Gasteiger charge is -2.36. The van der Waals surface area contributed by atoms with Crippen molar-refractivity contribution in [3.63, 3.8) is 0 Å². The third-order valence-corrected chi connectivity index (χ3v) is 8.46. The summed E-state index contributed by atoms with van der Waals surface area (Å²) in [5, 5.41) is 9.96. The maximum absolute atomic E-state index is 12.3. The highest BCUT2D eigenvalue weighted by atomic mass is 31.2. The van der Waals surface area contributed by atoms with Gasteiger partial charge in [-0.15, -0.1) is 12.3 Å². The van der Waals surface area contributed by atoms with Crippen LogP contribution in [0.2, 0.25) is 0 Å². The van der Waals surface area contributed by atoms with Gasteiger partial charge in [-0.1, -0.05) is 64.2 Å². The van der Waals surface area contributed by atoms with Gasteiger partial charge >= 0.3 is 7.60 Å². The predicted molar refractivity (Wildman–Crippen MR) is 157 cm³/mol. The van der Waals surface area contributed by atoms with Gasteiger partial charge in [0.2, 0.25) is 0 Å². The van der Waals surface area contributed by atoms with Crippen molar-refractivity contribution >= 4 is 7.60 Å². The third-order valence-electron chi connectivity index (χ3n) is 7.40. The number of hydrogen-bond acceptors (Lipinski definition) is 9. The van der Waals surface area contributed by atoms with E-state index in [-0.39, 0.29) is 37.4 Å². The number of hydrogen-bond donors (Lipinski definition) is 5. The molecule has 2 aliphatic heterocycles. The first-order chi connectivity index (χ1) is 18.9. The maximum atomic E-state index is 12.3. The summed E-state index contributed by atoms with van der Waals surface area (Å²) >= 11 is 0. The quantitative estimate of drug-likeness (QED) is 0.0663. The van der Waals surface area contributed by atoms with E-state index in [9.17, 15) is 9.46 Å². The van der Waals surface area contributed by atoms with Crippen LogP contribution in [0.3, 0.4) is 0 Å². The van der Waals surface area contributed by atoms with Gasteiger partial charge in [-0.05, 0) is 26.2 Å². The molecule has 2 rings (SSSR count). The Morgan fingerprint density at radius 1 is 0.949 bits per heavy atom. The van der Waals surface area contributed by atoms with Crippen molar-refractivity contribution in [1.29, 1.82) is 0 Å². The van der Waals surface area contributed by atoms with E-state index in [1.54, 1.807) is 0 Å².